The molecule has 0 N–H and O–H groups in total. The van der Waals surface area contributed by atoms with Gasteiger partial charge in [-0.05, 0) is 44.9 Å². The molecule has 0 aliphatic carbocycles. The molecule has 2 aromatic rings. The van der Waals surface area contributed by atoms with E-state index >= 15 is 0 Å². The van der Waals surface area contributed by atoms with E-state index < -0.39 is 29.4 Å². The van der Waals surface area contributed by atoms with Gasteiger partial charge in [0, 0.05) is 0 Å². The quantitative estimate of drug-likeness (QED) is 0.581. The van der Waals surface area contributed by atoms with E-state index in [0.717, 1.165) is 10.5 Å². The molecule has 144 valence electrons. The largest absolute Gasteiger partial charge is 0.458 e. The second kappa shape index (κ2) is 7.80. The Morgan fingerprint density at radius 3 is 2.04 bits per heavy atom. The lowest BCUT2D eigenvalue weighted by Gasteiger charge is -2.28. The molecule has 0 unspecified atom stereocenters. The van der Waals surface area contributed by atoms with Gasteiger partial charge in [0.1, 0.15) is 11.6 Å². The minimum Gasteiger partial charge on any atom is -0.458 e. The summed E-state index contributed by atoms with van der Waals surface area (Å²) in [6.07, 6.45) is 3.82. The normalized spacial score (nSPS) is 15.0. The molecule has 5 nitrogen and oxygen atoms in total. The number of hydrogen-bond acceptors (Lipinski definition) is 4. The molecule has 3 rings (SSSR count). The average molecular weight is 377 g/mol. The van der Waals surface area contributed by atoms with E-state index in [1.54, 1.807) is 51.1 Å². The van der Waals surface area contributed by atoms with Crippen LogP contribution in [0.5, 0.6) is 0 Å². The van der Waals surface area contributed by atoms with E-state index in [4.69, 9.17) is 4.74 Å². The zero-order valence-electron chi connectivity index (χ0n) is 16.2. The van der Waals surface area contributed by atoms with Gasteiger partial charge in [-0.2, -0.15) is 0 Å². The predicted octanol–water partition coefficient (Wildman–Crippen LogP) is 4.10. The van der Waals surface area contributed by atoms with Gasteiger partial charge < -0.3 is 4.74 Å². The highest BCUT2D eigenvalue weighted by molar-refractivity contribution is 6.22. The van der Waals surface area contributed by atoms with E-state index in [1.807, 2.05) is 36.4 Å². The number of carbonyl (C=O) groups is 3. The molecule has 2 aromatic carbocycles. The molecular formula is C23H23NO4. The van der Waals surface area contributed by atoms with E-state index in [0.29, 0.717) is 11.1 Å². The molecule has 0 saturated heterocycles. The smallest absolute Gasteiger partial charge is 0.330 e. The maximum absolute atomic E-state index is 12.8. The van der Waals surface area contributed by atoms with Gasteiger partial charge in [0.05, 0.1) is 11.1 Å². The number of esters is 1. The third-order valence-electron chi connectivity index (χ3n) is 4.29. The summed E-state index contributed by atoms with van der Waals surface area (Å²) >= 11 is 0. The van der Waals surface area contributed by atoms with Gasteiger partial charge in [0.25, 0.3) is 11.8 Å². The Morgan fingerprint density at radius 1 is 0.964 bits per heavy atom. The van der Waals surface area contributed by atoms with Crippen molar-refractivity contribution in [2.45, 2.75) is 38.8 Å². The SMILES string of the molecule is CC(C)(C)OC(=O)[C@H](C/C=C/c1ccccc1)N1C(=O)c2ccccc2C1=O. The first-order chi connectivity index (χ1) is 13.3. The van der Waals surface area contributed by atoms with Crippen molar-refractivity contribution in [1.29, 1.82) is 0 Å². The molecule has 0 radical (unpaired) electrons. The Morgan fingerprint density at radius 2 is 1.50 bits per heavy atom. The molecule has 28 heavy (non-hydrogen) atoms. The highest BCUT2D eigenvalue weighted by atomic mass is 16.6. The first-order valence-corrected chi connectivity index (χ1v) is 9.19. The van der Waals surface area contributed by atoms with E-state index in [-0.39, 0.29) is 6.42 Å². The lowest BCUT2D eigenvalue weighted by molar-refractivity contribution is -0.159. The van der Waals surface area contributed by atoms with Crippen molar-refractivity contribution in [2.75, 3.05) is 0 Å². The van der Waals surface area contributed by atoms with E-state index in [2.05, 4.69) is 0 Å². The second-order valence-electron chi connectivity index (χ2n) is 7.62. The van der Waals surface area contributed by atoms with Crippen molar-refractivity contribution in [3.63, 3.8) is 0 Å². The van der Waals surface area contributed by atoms with Crippen LogP contribution in [-0.4, -0.2) is 34.3 Å². The van der Waals surface area contributed by atoms with Crippen LogP contribution in [0.4, 0.5) is 0 Å². The molecule has 5 heteroatoms. The molecule has 0 saturated carbocycles. The fourth-order valence-electron chi connectivity index (χ4n) is 3.06. The minimum absolute atomic E-state index is 0.176. The van der Waals surface area contributed by atoms with Crippen LogP contribution >= 0.6 is 0 Å². The number of carbonyl (C=O) groups excluding carboxylic acids is 3. The van der Waals surface area contributed by atoms with Gasteiger partial charge >= 0.3 is 5.97 Å². The highest BCUT2D eigenvalue weighted by Crippen LogP contribution is 2.27. The second-order valence-corrected chi connectivity index (χ2v) is 7.62. The summed E-state index contributed by atoms with van der Waals surface area (Å²) in [6, 6.07) is 15.2. The zero-order valence-corrected chi connectivity index (χ0v) is 16.2. The van der Waals surface area contributed by atoms with E-state index in [9.17, 15) is 14.4 Å². The number of nitrogens with zero attached hydrogens (tertiary/aromatic N) is 1. The number of ether oxygens (including phenoxy) is 1. The molecule has 0 aromatic heterocycles. The van der Waals surface area contributed by atoms with Crippen LogP contribution in [0, 0.1) is 0 Å². The van der Waals surface area contributed by atoms with Crippen LogP contribution in [0.1, 0.15) is 53.5 Å². The molecule has 1 aliphatic rings. The molecule has 0 fully saturated rings. The van der Waals surface area contributed by atoms with Crippen molar-refractivity contribution < 1.29 is 19.1 Å². The Labute approximate surface area is 164 Å². The van der Waals surface area contributed by atoms with E-state index in [1.165, 1.54) is 0 Å². The fraction of sp³-hybridized carbons (Fsp3) is 0.261. The third kappa shape index (κ3) is 4.19. The first kappa shape index (κ1) is 19.5. The molecule has 1 atom stereocenters. The Balaban J connectivity index is 1.88. The number of rotatable bonds is 5. The van der Waals surface area contributed by atoms with Gasteiger partial charge in [-0.3, -0.25) is 14.5 Å². The zero-order chi connectivity index (χ0) is 20.3. The van der Waals surface area contributed by atoms with Crippen LogP contribution in [-0.2, 0) is 9.53 Å². The average Bonchev–Trinajstić information content (AvgIpc) is 2.90. The number of fused-ring (bicyclic) bond motifs is 1. The van der Waals surface area contributed by atoms with Crippen molar-refractivity contribution in [2.24, 2.45) is 0 Å². The summed E-state index contributed by atoms with van der Waals surface area (Å²) in [6.45, 7) is 5.26. The molecule has 1 aliphatic heterocycles. The summed E-state index contributed by atoms with van der Waals surface area (Å²) in [7, 11) is 0. The maximum atomic E-state index is 12.8. The summed E-state index contributed by atoms with van der Waals surface area (Å²) in [5.41, 5.74) is 0.867. The Hall–Kier alpha value is -3.21. The minimum atomic E-state index is -1.02. The van der Waals surface area contributed by atoms with Crippen molar-refractivity contribution in [3.05, 3.63) is 77.4 Å². The van der Waals surface area contributed by atoms with Crippen LogP contribution < -0.4 is 0 Å². The molecule has 0 spiro atoms. The lowest BCUT2D eigenvalue weighted by atomic mass is 10.1. The lowest BCUT2D eigenvalue weighted by Crippen LogP contribution is -2.47. The van der Waals surface area contributed by atoms with Crippen LogP contribution in [0.3, 0.4) is 0 Å². The van der Waals surface area contributed by atoms with Crippen molar-refractivity contribution in [3.8, 4) is 0 Å². The number of imide groups is 1. The highest BCUT2D eigenvalue weighted by Gasteiger charge is 2.43. The molecule has 1 heterocycles. The third-order valence-corrected chi connectivity index (χ3v) is 4.29. The fourth-order valence-corrected chi connectivity index (χ4v) is 3.06. The van der Waals surface area contributed by atoms with Crippen LogP contribution in [0.25, 0.3) is 6.08 Å². The Kier molecular flexibility index (Phi) is 5.45. The molecule has 0 bridgehead atoms. The van der Waals surface area contributed by atoms with Crippen LogP contribution in [0.2, 0.25) is 0 Å². The van der Waals surface area contributed by atoms with Crippen LogP contribution in [0.15, 0.2) is 60.7 Å². The number of hydrogen-bond donors (Lipinski definition) is 0. The van der Waals surface area contributed by atoms with Gasteiger partial charge in [-0.15, -0.1) is 0 Å². The predicted molar refractivity (Wildman–Crippen MR) is 107 cm³/mol. The van der Waals surface area contributed by atoms with Gasteiger partial charge in [-0.1, -0.05) is 54.6 Å². The maximum Gasteiger partial charge on any atom is 0.330 e. The van der Waals surface area contributed by atoms with Gasteiger partial charge in [-0.25, -0.2) is 4.79 Å². The first-order valence-electron chi connectivity index (χ1n) is 9.19. The summed E-state index contributed by atoms with van der Waals surface area (Å²) < 4.78 is 5.49. The number of benzene rings is 2. The van der Waals surface area contributed by atoms with Crippen molar-refractivity contribution in [1.82, 2.24) is 4.90 Å². The summed E-state index contributed by atoms with van der Waals surface area (Å²) in [4.78, 5) is 39.5. The van der Waals surface area contributed by atoms with Crippen molar-refractivity contribution >= 4 is 23.9 Å². The standard InChI is InChI=1S/C23H23NO4/c1-23(2,3)28-22(27)19(15-9-12-16-10-5-4-6-11-16)24-20(25)17-13-7-8-14-18(17)21(24)26/h4-14,19H,15H2,1-3H3/b12-9+/t19-/m0/s1. The monoisotopic (exact) mass is 377 g/mol. The molecular weight excluding hydrogens is 354 g/mol. The molecule has 2 amide bonds. The van der Waals surface area contributed by atoms with Gasteiger partial charge in [0.15, 0.2) is 0 Å². The number of amides is 2. The Bertz CT molecular complexity index is 890. The van der Waals surface area contributed by atoms with Gasteiger partial charge in [0.2, 0.25) is 0 Å². The summed E-state index contributed by atoms with van der Waals surface area (Å²) in [5, 5.41) is 0. The topological polar surface area (TPSA) is 63.7 Å². The summed E-state index contributed by atoms with van der Waals surface area (Å²) in [5.74, 6) is -1.53.